The molecule has 0 aliphatic carbocycles. The summed E-state index contributed by atoms with van der Waals surface area (Å²) >= 11 is 5.15. The van der Waals surface area contributed by atoms with E-state index in [1.165, 1.54) is 24.3 Å². The molecule has 2 amide bonds. The molecule has 1 aromatic rings. The van der Waals surface area contributed by atoms with E-state index in [1.807, 2.05) is 0 Å². The van der Waals surface area contributed by atoms with Gasteiger partial charge in [0.2, 0.25) is 11.8 Å². The van der Waals surface area contributed by atoms with Crippen LogP contribution in [-0.2, 0) is 9.59 Å². The summed E-state index contributed by atoms with van der Waals surface area (Å²) in [4.78, 5) is 41.4. The van der Waals surface area contributed by atoms with Crippen molar-refractivity contribution in [1.82, 2.24) is 4.42 Å². The summed E-state index contributed by atoms with van der Waals surface area (Å²) in [5.41, 5.74) is 0.167. The largest absolute Gasteiger partial charge is 0.478 e. The Morgan fingerprint density at radius 3 is 1.35 bits per heavy atom. The summed E-state index contributed by atoms with van der Waals surface area (Å²) in [6.07, 6.45) is 0.532. The fraction of sp³-hybridized carbons (Fsp3) is 0.167. The van der Waals surface area contributed by atoms with Crippen molar-refractivity contribution in [3.05, 3.63) is 35.4 Å². The monoisotopic (exact) mass is 299 g/mol. The number of halogens is 1. The molecule has 20 heavy (non-hydrogen) atoms. The molecule has 1 aromatic carbocycles. The molecule has 0 radical (unpaired) electrons. The van der Waals surface area contributed by atoms with Crippen molar-refractivity contribution in [1.29, 1.82) is 0 Å². The molecular formula is C12H10ClNO6. The number of carbonyl (C=O) groups excluding carboxylic acids is 2. The lowest BCUT2D eigenvalue weighted by Crippen LogP contribution is -2.16. The van der Waals surface area contributed by atoms with Crippen LogP contribution in [0.15, 0.2) is 24.3 Å². The summed E-state index contributed by atoms with van der Waals surface area (Å²) in [5.74, 6) is -2.72. The van der Waals surface area contributed by atoms with E-state index >= 15 is 0 Å². The van der Waals surface area contributed by atoms with Gasteiger partial charge in [-0.25, -0.2) is 9.59 Å². The van der Waals surface area contributed by atoms with Crippen LogP contribution in [0.2, 0.25) is 0 Å². The van der Waals surface area contributed by atoms with Gasteiger partial charge in [0, 0.05) is 24.6 Å². The van der Waals surface area contributed by atoms with Gasteiger partial charge < -0.3 is 10.2 Å². The molecule has 2 rings (SSSR count). The normalized spacial score (nSPS) is 13.8. The Hall–Kier alpha value is -2.41. The van der Waals surface area contributed by atoms with Crippen LogP contribution in [0.25, 0.3) is 0 Å². The van der Waals surface area contributed by atoms with Crippen LogP contribution < -0.4 is 0 Å². The van der Waals surface area contributed by atoms with Gasteiger partial charge in [-0.05, 0) is 24.3 Å². The lowest BCUT2D eigenvalue weighted by molar-refractivity contribution is -0.132. The van der Waals surface area contributed by atoms with Crippen molar-refractivity contribution in [3.8, 4) is 0 Å². The molecule has 106 valence electrons. The van der Waals surface area contributed by atoms with Gasteiger partial charge in [-0.15, -0.1) is 0 Å². The highest BCUT2D eigenvalue weighted by atomic mass is 35.5. The zero-order valence-corrected chi connectivity index (χ0v) is 10.8. The van der Waals surface area contributed by atoms with Crippen LogP contribution >= 0.6 is 11.8 Å². The van der Waals surface area contributed by atoms with E-state index < -0.39 is 11.9 Å². The summed E-state index contributed by atoms with van der Waals surface area (Å²) in [6, 6.07) is 5.02. The van der Waals surface area contributed by atoms with Crippen LogP contribution in [0.1, 0.15) is 33.6 Å². The standard InChI is InChI=1S/C8H6O4.C4H4ClNO2/c9-7(10)5-1-2-6(4-3-5)8(11)12;5-6-3(7)1-2-4(6)8/h1-4H,(H,9,10)(H,11,12);1-2H2. The first-order valence-corrected chi connectivity index (χ1v) is 5.75. The molecule has 1 aliphatic heterocycles. The zero-order valence-electron chi connectivity index (χ0n) is 10.1. The number of amides is 2. The summed E-state index contributed by atoms with van der Waals surface area (Å²) < 4.78 is 0.639. The molecule has 0 aromatic heterocycles. The Kier molecular flexibility index (Phi) is 5.22. The summed E-state index contributed by atoms with van der Waals surface area (Å²) in [6.45, 7) is 0. The highest BCUT2D eigenvalue weighted by Crippen LogP contribution is 2.12. The molecule has 7 nitrogen and oxygen atoms in total. The van der Waals surface area contributed by atoms with E-state index in [1.54, 1.807) is 0 Å². The molecule has 0 spiro atoms. The Morgan fingerprint density at radius 2 is 1.20 bits per heavy atom. The van der Waals surface area contributed by atoms with Gasteiger partial charge in [0.15, 0.2) is 0 Å². The number of hydrogen-bond donors (Lipinski definition) is 2. The van der Waals surface area contributed by atoms with Crippen molar-refractivity contribution in [2.45, 2.75) is 12.8 Å². The smallest absolute Gasteiger partial charge is 0.335 e. The number of imide groups is 1. The van der Waals surface area contributed by atoms with Crippen molar-refractivity contribution in [2.75, 3.05) is 0 Å². The molecule has 0 unspecified atom stereocenters. The number of carboxylic acid groups (broad SMARTS) is 2. The van der Waals surface area contributed by atoms with Crippen LogP contribution in [0.3, 0.4) is 0 Å². The van der Waals surface area contributed by atoms with E-state index in [0.717, 1.165) is 0 Å². The minimum Gasteiger partial charge on any atom is -0.478 e. The minimum absolute atomic E-state index is 0.0833. The van der Waals surface area contributed by atoms with Crippen LogP contribution in [0.5, 0.6) is 0 Å². The molecular weight excluding hydrogens is 290 g/mol. The maximum absolute atomic E-state index is 10.4. The Bertz CT molecular complexity index is 505. The number of carboxylic acids is 2. The third-order valence-electron chi connectivity index (χ3n) is 2.37. The maximum atomic E-state index is 10.4. The first-order chi connectivity index (χ1) is 9.32. The topological polar surface area (TPSA) is 112 Å². The average Bonchev–Trinajstić information content (AvgIpc) is 2.71. The Labute approximate surface area is 118 Å². The first kappa shape index (κ1) is 15.6. The quantitative estimate of drug-likeness (QED) is 0.630. The number of benzene rings is 1. The predicted molar refractivity (Wildman–Crippen MR) is 67.3 cm³/mol. The molecule has 1 saturated heterocycles. The van der Waals surface area contributed by atoms with Gasteiger partial charge >= 0.3 is 11.9 Å². The number of carbonyl (C=O) groups is 4. The van der Waals surface area contributed by atoms with E-state index in [-0.39, 0.29) is 35.8 Å². The van der Waals surface area contributed by atoms with Crippen molar-refractivity contribution >= 4 is 35.5 Å². The number of aromatic carboxylic acids is 2. The molecule has 1 aliphatic rings. The van der Waals surface area contributed by atoms with Crippen molar-refractivity contribution < 1.29 is 29.4 Å². The molecule has 8 heteroatoms. The van der Waals surface area contributed by atoms with Crippen LogP contribution in [0, 0.1) is 0 Å². The lowest BCUT2D eigenvalue weighted by atomic mass is 10.1. The molecule has 0 atom stereocenters. The predicted octanol–water partition coefficient (Wildman–Crippen LogP) is 1.37. The second kappa shape index (κ2) is 6.67. The lowest BCUT2D eigenvalue weighted by Gasteiger charge is -1.96. The minimum atomic E-state index is -1.06. The van der Waals surface area contributed by atoms with Gasteiger partial charge in [0.05, 0.1) is 11.1 Å². The third-order valence-corrected chi connectivity index (χ3v) is 2.75. The van der Waals surface area contributed by atoms with E-state index in [4.69, 9.17) is 22.0 Å². The average molecular weight is 300 g/mol. The summed E-state index contributed by atoms with van der Waals surface area (Å²) in [5, 5.41) is 16.9. The first-order valence-electron chi connectivity index (χ1n) is 5.41. The van der Waals surface area contributed by atoms with E-state index in [0.29, 0.717) is 4.42 Å². The molecule has 2 N–H and O–H groups in total. The Balaban J connectivity index is 0.000000217. The number of nitrogens with zero attached hydrogens (tertiary/aromatic N) is 1. The SMILES string of the molecule is O=C(O)c1ccc(C(=O)O)cc1.O=C1CCC(=O)N1Cl. The zero-order chi connectivity index (χ0) is 15.3. The fourth-order valence-corrected chi connectivity index (χ4v) is 1.47. The molecule has 0 saturated carbocycles. The second-order valence-electron chi connectivity index (χ2n) is 3.76. The van der Waals surface area contributed by atoms with Crippen molar-refractivity contribution in [3.63, 3.8) is 0 Å². The molecule has 1 fully saturated rings. The van der Waals surface area contributed by atoms with Gasteiger partial charge in [0.1, 0.15) is 0 Å². The summed E-state index contributed by atoms with van der Waals surface area (Å²) in [7, 11) is 0. The fourth-order valence-electron chi connectivity index (χ4n) is 1.30. The highest BCUT2D eigenvalue weighted by Gasteiger charge is 2.26. The maximum Gasteiger partial charge on any atom is 0.335 e. The highest BCUT2D eigenvalue weighted by molar-refractivity contribution is 6.32. The van der Waals surface area contributed by atoms with Gasteiger partial charge in [-0.1, -0.05) is 0 Å². The van der Waals surface area contributed by atoms with E-state index in [9.17, 15) is 19.2 Å². The second-order valence-corrected chi connectivity index (χ2v) is 4.09. The Morgan fingerprint density at radius 1 is 0.900 bits per heavy atom. The molecule has 1 heterocycles. The van der Waals surface area contributed by atoms with E-state index in [2.05, 4.69) is 0 Å². The number of hydrogen-bond acceptors (Lipinski definition) is 4. The van der Waals surface area contributed by atoms with Gasteiger partial charge in [-0.2, -0.15) is 4.42 Å². The number of rotatable bonds is 2. The van der Waals surface area contributed by atoms with Crippen LogP contribution in [-0.4, -0.2) is 38.4 Å². The third kappa shape index (κ3) is 4.06. The molecule has 0 bridgehead atoms. The van der Waals surface area contributed by atoms with Crippen LogP contribution in [0.4, 0.5) is 0 Å². The van der Waals surface area contributed by atoms with Crippen molar-refractivity contribution in [2.24, 2.45) is 0 Å². The van der Waals surface area contributed by atoms with Gasteiger partial charge in [0.25, 0.3) is 0 Å². The van der Waals surface area contributed by atoms with Gasteiger partial charge in [-0.3, -0.25) is 9.59 Å².